The minimum atomic E-state index is 0.0617. The molecule has 0 bridgehead atoms. The van der Waals surface area contributed by atoms with Gasteiger partial charge in [0.25, 0.3) is 0 Å². The van der Waals surface area contributed by atoms with E-state index in [1.807, 2.05) is 25.1 Å². The Morgan fingerprint density at radius 3 is 2.85 bits per heavy atom. The maximum absolute atomic E-state index is 12.4. The molecule has 106 valence electrons. The lowest BCUT2D eigenvalue weighted by Crippen LogP contribution is -2.33. The predicted octanol–water partition coefficient (Wildman–Crippen LogP) is 2.56. The molecule has 4 nitrogen and oxygen atoms in total. The highest BCUT2D eigenvalue weighted by molar-refractivity contribution is 6.00. The minimum absolute atomic E-state index is 0.0617. The first-order chi connectivity index (χ1) is 9.65. The number of nitrogens with zero attached hydrogens (tertiary/aromatic N) is 2. The lowest BCUT2D eigenvalue weighted by molar-refractivity contribution is 0.0923. The third-order valence-electron chi connectivity index (χ3n) is 3.58. The summed E-state index contributed by atoms with van der Waals surface area (Å²) >= 11 is 0. The summed E-state index contributed by atoms with van der Waals surface area (Å²) in [6, 6.07) is 8.25. The van der Waals surface area contributed by atoms with Crippen LogP contribution in [-0.4, -0.2) is 36.9 Å². The lowest BCUT2D eigenvalue weighted by Gasteiger charge is -2.20. The van der Waals surface area contributed by atoms with E-state index in [2.05, 4.69) is 11.0 Å². The molecule has 0 spiro atoms. The number of aryl methyl sites for hydroxylation is 1. The van der Waals surface area contributed by atoms with Crippen molar-refractivity contribution in [2.45, 2.75) is 32.2 Å². The highest BCUT2D eigenvalue weighted by Gasteiger charge is 2.30. The largest absolute Gasteiger partial charge is 0.496 e. The lowest BCUT2D eigenvalue weighted by atomic mass is 10.1. The molecule has 0 amide bonds. The Bertz CT molecular complexity index is 530. The van der Waals surface area contributed by atoms with E-state index in [0.29, 0.717) is 36.9 Å². The maximum Gasteiger partial charge on any atom is 0.180 e. The number of ether oxygens (including phenoxy) is 1. The van der Waals surface area contributed by atoms with Crippen molar-refractivity contribution < 1.29 is 9.53 Å². The highest BCUT2D eigenvalue weighted by atomic mass is 16.5. The number of hydrogen-bond acceptors (Lipinski definition) is 4. The maximum atomic E-state index is 12.4. The van der Waals surface area contributed by atoms with E-state index in [9.17, 15) is 4.79 Å². The first-order valence-corrected chi connectivity index (χ1v) is 6.94. The monoisotopic (exact) mass is 272 g/mol. The topological polar surface area (TPSA) is 53.3 Å². The molecule has 1 aliphatic rings. The number of carbonyl (C=O) groups excluding carboxylic acids is 1. The Hall–Kier alpha value is -1.86. The van der Waals surface area contributed by atoms with E-state index >= 15 is 0 Å². The van der Waals surface area contributed by atoms with Gasteiger partial charge in [-0.15, -0.1) is 0 Å². The second kappa shape index (κ2) is 6.53. The average Bonchev–Trinajstić information content (AvgIpc) is 3.27. The second-order valence-electron chi connectivity index (χ2n) is 5.24. The number of hydrogen-bond donors (Lipinski definition) is 0. The summed E-state index contributed by atoms with van der Waals surface area (Å²) in [5.41, 5.74) is 1.70. The van der Waals surface area contributed by atoms with Gasteiger partial charge in [-0.25, -0.2) is 0 Å². The average molecular weight is 272 g/mol. The molecule has 1 aromatic carbocycles. The van der Waals surface area contributed by atoms with Gasteiger partial charge in [0, 0.05) is 19.0 Å². The molecule has 1 saturated carbocycles. The summed E-state index contributed by atoms with van der Waals surface area (Å²) < 4.78 is 5.29. The van der Waals surface area contributed by atoms with Crippen LogP contribution in [0.15, 0.2) is 18.2 Å². The summed E-state index contributed by atoms with van der Waals surface area (Å²) in [6.45, 7) is 3.01. The normalized spacial score (nSPS) is 14.1. The highest BCUT2D eigenvalue weighted by Crippen LogP contribution is 2.28. The molecule has 2 rings (SSSR count). The molecule has 0 atom stereocenters. The molecule has 0 unspecified atom stereocenters. The van der Waals surface area contributed by atoms with Crippen molar-refractivity contribution in [3.8, 4) is 11.8 Å². The van der Waals surface area contributed by atoms with Gasteiger partial charge in [-0.3, -0.25) is 9.69 Å². The van der Waals surface area contributed by atoms with Gasteiger partial charge >= 0.3 is 0 Å². The molecular weight excluding hydrogens is 252 g/mol. The fourth-order valence-corrected chi connectivity index (χ4v) is 2.32. The van der Waals surface area contributed by atoms with Crippen LogP contribution in [0, 0.1) is 18.3 Å². The SMILES string of the molecule is COc1cc(C)ccc1C(=O)CN(CCC#N)C1CC1. The van der Waals surface area contributed by atoms with Crippen molar-refractivity contribution in [2.24, 2.45) is 0 Å². The summed E-state index contributed by atoms with van der Waals surface area (Å²) in [4.78, 5) is 14.6. The molecule has 0 heterocycles. The Kier molecular flexibility index (Phi) is 4.75. The van der Waals surface area contributed by atoms with E-state index < -0.39 is 0 Å². The van der Waals surface area contributed by atoms with Crippen LogP contribution < -0.4 is 4.74 Å². The van der Waals surface area contributed by atoms with E-state index in [-0.39, 0.29) is 5.78 Å². The molecule has 0 saturated heterocycles. The Balaban J connectivity index is 2.08. The fraction of sp³-hybridized carbons (Fsp3) is 0.500. The minimum Gasteiger partial charge on any atom is -0.496 e. The van der Waals surface area contributed by atoms with E-state index in [1.165, 1.54) is 0 Å². The molecule has 4 heteroatoms. The first-order valence-electron chi connectivity index (χ1n) is 6.94. The molecule has 0 aromatic heterocycles. The molecule has 1 fully saturated rings. The zero-order chi connectivity index (χ0) is 14.5. The molecule has 1 aromatic rings. The third kappa shape index (κ3) is 3.58. The molecule has 0 N–H and O–H groups in total. The van der Waals surface area contributed by atoms with Crippen LogP contribution in [0.25, 0.3) is 0 Å². The Morgan fingerprint density at radius 2 is 2.25 bits per heavy atom. The van der Waals surface area contributed by atoms with Crippen molar-refractivity contribution in [3.63, 3.8) is 0 Å². The van der Waals surface area contributed by atoms with Gasteiger partial charge in [-0.1, -0.05) is 6.07 Å². The number of methoxy groups -OCH3 is 1. The Morgan fingerprint density at radius 1 is 1.50 bits per heavy atom. The zero-order valence-corrected chi connectivity index (χ0v) is 12.1. The van der Waals surface area contributed by atoms with Crippen LogP contribution >= 0.6 is 0 Å². The molecular formula is C16H20N2O2. The van der Waals surface area contributed by atoms with Crippen LogP contribution in [-0.2, 0) is 0 Å². The van der Waals surface area contributed by atoms with Crippen molar-refractivity contribution in [1.82, 2.24) is 4.90 Å². The van der Waals surface area contributed by atoms with Gasteiger partial charge in [0.1, 0.15) is 5.75 Å². The van der Waals surface area contributed by atoms with Gasteiger partial charge in [-0.2, -0.15) is 5.26 Å². The molecule has 20 heavy (non-hydrogen) atoms. The van der Waals surface area contributed by atoms with Gasteiger partial charge in [0.2, 0.25) is 0 Å². The van der Waals surface area contributed by atoms with Gasteiger partial charge in [0.05, 0.1) is 25.3 Å². The summed E-state index contributed by atoms with van der Waals surface area (Å²) in [5, 5.41) is 8.70. The predicted molar refractivity (Wildman–Crippen MR) is 76.9 cm³/mol. The summed E-state index contributed by atoms with van der Waals surface area (Å²) in [6.07, 6.45) is 2.72. The fourth-order valence-electron chi connectivity index (χ4n) is 2.32. The quantitative estimate of drug-likeness (QED) is 0.716. The van der Waals surface area contributed by atoms with Gasteiger partial charge in [-0.05, 0) is 37.5 Å². The van der Waals surface area contributed by atoms with Crippen LogP contribution in [0.5, 0.6) is 5.75 Å². The first kappa shape index (κ1) is 14.5. The van der Waals surface area contributed by atoms with Crippen LogP contribution in [0.1, 0.15) is 35.2 Å². The second-order valence-corrected chi connectivity index (χ2v) is 5.24. The van der Waals surface area contributed by atoms with Gasteiger partial charge < -0.3 is 4.74 Å². The number of carbonyl (C=O) groups is 1. The third-order valence-corrected chi connectivity index (χ3v) is 3.58. The van der Waals surface area contributed by atoms with Crippen molar-refractivity contribution in [1.29, 1.82) is 5.26 Å². The molecule has 0 aliphatic heterocycles. The van der Waals surface area contributed by atoms with Gasteiger partial charge in [0.15, 0.2) is 5.78 Å². The smallest absolute Gasteiger partial charge is 0.180 e. The molecule has 0 radical (unpaired) electrons. The number of benzene rings is 1. The van der Waals surface area contributed by atoms with Crippen molar-refractivity contribution in [2.75, 3.05) is 20.2 Å². The van der Waals surface area contributed by atoms with E-state index in [1.54, 1.807) is 7.11 Å². The van der Waals surface area contributed by atoms with E-state index in [4.69, 9.17) is 10.00 Å². The summed E-state index contributed by atoms with van der Waals surface area (Å²) in [5.74, 6) is 0.692. The number of Topliss-reactive ketones (excluding diaryl/α,β-unsaturated/α-hetero) is 1. The van der Waals surface area contributed by atoms with Crippen LogP contribution in [0.2, 0.25) is 0 Å². The Labute approximate surface area is 120 Å². The number of nitriles is 1. The molecule has 1 aliphatic carbocycles. The van der Waals surface area contributed by atoms with E-state index in [0.717, 1.165) is 18.4 Å². The number of rotatable bonds is 7. The summed E-state index contributed by atoms with van der Waals surface area (Å²) in [7, 11) is 1.58. The standard InChI is InChI=1S/C16H20N2O2/c1-12-4-7-14(16(10-12)20-2)15(19)11-18(9-3-8-17)13-5-6-13/h4,7,10,13H,3,5-6,9,11H2,1-2H3. The van der Waals surface area contributed by atoms with Crippen LogP contribution in [0.4, 0.5) is 0 Å². The van der Waals surface area contributed by atoms with Crippen molar-refractivity contribution >= 4 is 5.78 Å². The number of ketones is 1. The van der Waals surface area contributed by atoms with Crippen molar-refractivity contribution in [3.05, 3.63) is 29.3 Å². The zero-order valence-electron chi connectivity index (χ0n) is 12.1. The van der Waals surface area contributed by atoms with Crippen LogP contribution in [0.3, 0.4) is 0 Å².